The monoisotopic (exact) mass is 252 g/mol. The van der Waals surface area contributed by atoms with Crippen LogP contribution in [-0.4, -0.2) is 14.7 Å². The summed E-state index contributed by atoms with van der Waals surface area (Å²) in [4.78, 5) is 9.02. The van der Waals surface area contributed by atoms with Gasteiger partial charge in [0.2, 0.25) is 0 Å². The zero-order valence-electron chi connectivity index (χ0n) is 10.7. The van der Waals surface area contributed by atoms with Gasteiger partial charge in [-0.15, -0.1) is 11.8 Å². The van der Waals surface area contributed by atoms with Crippen LogP contribution < -0.4 is 11.3 Å². The number of thioether (sulfide) groups is 1. The van der Waals surface area contributed by atoms with Crippen LogP contribution in [0.3, 0.4) is 0 Å². The lowest BCUT2D eigenvalue weighted by atomic mass is 10.3. The molecule has 0 radical (unpaired) electrons. The molecule has 4 nitrogen and oxygen atoms in total. The third kappa shape index (κ3) is 3.85. The van der Waals surface area contributed by atoms with Crippen molar-refractivity contribution < 1.29 is 0 Å². The second-order valence-electron chi connectivity index (χ2n) is 5.41. The molecule has 0 atom stereocenters. The largest absolute Gasteiger partial charge is 0.308 e. The number of nitrogens with one attached hydrogen (secondary N) is 1. The summed E-state index contributed by atoms with van der Waals surface area (Å²) in [7, 11) is 0. The van der Waals surface area contributed by atoms with Crippen molar-refractivity contribution in [2.45, 2.75) is 50.0 Å². The minimum Gasteiger partial charge on any atom is -0.308 e. The summed E-state index contributed by atoms with van der Waals surface area (Å²) in [5.74, 6) is 8.51. The van der Waals surface area contributed by atoms with Crippen molar-refractivity contribution >= 4 is 17.6 Å². The molecule has 1 fully saturated rings. The van der Waals surface area contributed by atoms with Gasteiger partial charge in [-0.2, -0.15) is 0 Å². The topological polar surface area (TPSA) is 63.8 Å². The SMILES string of the molecule is CC(C)(C)SCc1nc(NN)cc(C2CC2)n1. The van der Waals surface area contributed by atoms with Gasteiger partial charge in [-0.05, 0) is 12.8 Å². The molecule has 1 aliphatic carbocycles. The first-order valence-corrected chi connectivity index (χ1v) is 6.95. The summed E-state index contributed by atoms with van der Waals surface area (Å²) < 4.78 is 0.231. The van der Waals surface area contributed by atoms with Crippen LogP contribution in [0.2, 0.25) is 0 Å². The maximum absolute atomic E-state index is 5.44. The van der Waals surface area contributed by atoms with Crippen molar-refractivity contribution in [3.8, 4) is 0 Å². The van der Waals surface area contributed by atoms with Crippen LogP contribution in [-0.2, 0) is 5.75 Å². The summed E-state index contributed by atoms with van der Waals surface area (Å²) in [6, 6.07) is 1.96. The van der Waals surface area contributed by atoms with E-state index in [2.05, 4.69) is 36.2 Å². The van der Waals surface area contributed by atoms with Crippen LogP contribution in [0.1, 0.15) is 51.0 Å². The van der Waals surface area contributed by atoms with Crippen LogP contribution in [0.5, 0.6) is 0 Å². The van der Waals surface area contributed by atoms with E-state index in [0.29, 0.717) is 5.92 Å². The van der Waals surface area contributed by atoms with Gasteiger partial charge >= 0.3 is 0 Å². The Bertz CT molecular complexity index is 396. The number of nitrogen functional groups attached to an aromatic ring is 1. The average Bonchev–Trinajstić information content (AvgIpc) is 3.08. The zero-order chi connectivity index (χ0) is 12.5. The Morgan fingerprint density at radius 2 is 2.12 bits per heavy atom. The van der Waals surface area contributed by atoms with Gasteiger partial charge in [-0.25, -0.2) is 15.8 Å². The number of nitrogens with zero attached hydrogens (tertiary/aromatic N) is 2. The van der Waals surface area contributed by atoms with Crippen molar-refractivity contribution in [2.75, 3.05) is 5.43 Å². The van der Waals surface area contributed by atoms with Gasteiger partial charge < -0.3 is 5.43 Å². The molecule has 94 valence electrons. The Morgan fingerprint density at radius 3 is 2.65 bits per heavy atom. The Kier molecular flexibility index (Phi) is 3.58. The summed E-state index contributed by atoms with van der Waals surface area (Å²) in [5.41, 5.74) is 3.76. The van der Waals surface area contributed by atoms with Crippen LogP contribution in [0, 0.1) is 0 Å². The van der Waals surface area contributed by atoms with Gasteiger partial charge in [0.25, 0.3) is 0 Å². The van der Waals surface area contributed by atoms with Gasteiger partial charge in [0.05, 0.1) is 5.75 Å². The molecule has 3 N–H and O–H groups in total. The molecule has 0 spiro atoms. The van der Waals surface area contributed by atoms with Gasteiger partial charge in [0.1, 0.15) is 11.6 Å². The first kappa shape index (κ1) is 12.6. The van der Waals surface area contributed by atoms with Gasteiger partial charge in [-0.1, -0.05) is 20.8 Å². The highest BCUT2D eigenvalue weighted by Gasteiger charge is 2.26. The highest BCUT2D eigenvalue weighted by molar-refractivity contribution is 7.99. The number of hydrazine groups is 1. The standard InChI is InChI=1S/C12H20N4S/c1-12(2,3)17-7-11-14-9(8-4-5-8)6-10(15-11)16-13/h6,8H,4-5,7,13H2,1-3H3,(H,14,15,16). The van der Waals surface area contributed by atoms with E-state index in [1.807, 2.05) is 17.8 Å². The number of nitrogens with two attached hydrogens (primary N) is 1. The van der Waals surface area contributed by atoms with E-state index >= 15 is 0 Å². The van der Waals surface area contributed by atoms with Crippen LogP contribution in [0.4, 0.5) is 5.82 Å². The van der Waals surface area contributed by atoms with E-state index in [0.717, 1.165) is 23.1 Å². The highest BCUT2D eigenvalue weighted by Crippen LogP contribution is 2.39. The molecule has 1 heterocycles. The molecule has 0 aliphatic heterocycles. The third-order valence-electron chi connectivity index (χ3n) is 2.57. The lowest BCUT2D eigenvalue weighted by Gasteiger charge is -2.17. The maximum atomic E-state index is 5.44. The van der Waals surface area contributed by atoms with E-state index < -0.39 is 0 Å². The maximum Gasteiger partial charge on any atom is 0.143 e. The molecule has 0 unspecified atom stereocenters. The lowest BCUT2D eigenvalue weighted by Crippen LogP contribution is -2.13. The molecule has 1 aliphatic rings. The Balaban J connectivity index is 2.12. The van der Waals surface area contributed by atoms with Crippen molar-refractivity contribution in [3.05, 3.63) is 17.6 Å². The molecule has 17 heavy (non-hydrogen) atoms. The van der Waals surface area contributed by atoms with Crippen LogP contribution in [0.25, 0.3) is 0 Å². The molecule has 1 saturated carbocycles. The number of rotatable bonds is 4. The molecule has 1 aromatic rings. The molecular formula is C12H20N4S. The van der Waals surface area contributed by atoms with Gasteiger partial charge in [-0.3, -0.25) is 0 Å². The van der Waals surface area contributed by atoms with E-state index in [1.165, 1.54) is 12.8 Å². The second-order valence-corrected chi connectivity index (χ2v) is 7.22. The fourth-order valence-corrected chi connectivity index (χ4v) is 2.22. The fraction of sp³-hybridized carbons (Fsp3) is 0.667. The zero-order valence-corrected chi connectivity index (χ0v) is 11.5. The van der Waals surface area contributed by atoms with Crippen molar-refractivity contribution in [1.29, 1.82) is 0 Å². The summed E-state index contributed by atoms with van der Waals surface area (Å²) >= 11 is 1.85. The van der Waals surface area contributed by atoms with Crippen molar-refractivity contribution in [3.63, 3.8) is 0 Å². The Morgan fingerprint density at radius 1 is 1.41 bits per heavy atom. The quantitative estimate of drug-likeness (QED) is 0.637. The molecule has 5 heteroatoms. The summed E-state index contributed by atoms with van der Waals surface area (Å²) in [6.45, 7) is 6.60. The van der Waals surface area contributed by atoms with E-state index in [9.17, 15) is 0 Å². The first-order chi connectivity index (χ1) is 7.98. The predicted molar refractivity (Wildman–Crippen MR) is 72.9 cm³/mol. The molecule has 2 rings (SSSR count). The minimum atomic E-state index is 0.231. The van der Waals surface area contributed by atoms with Crippen molar-refractivity contribution in [2.24, 2.45) is 5.84 Å². The van der Waals surface area contributed by atoms with Crippen LogP contribution >= 0.6 is 11.8 Å². The highest BCUT2D eigenvalue weighted by atomic mass is 32.2. The number of hydrogen-bond donors (Lipinski definition) is 2. The predicted octanol–water partition coefficient (Wildman–Crippen LogP) is 2.67. The van der Waals surface area contributed by atoms with E-state index in [-0.39, 0.29) is 4.75 Å². The minimum absolute atomic E-state index is 0.231. The number of anilines is 1. The molecule has 0 bridgehead atoms. The third-order valence-corrected chi connectivity index (χ3v) is 3.84. The van der Waals surface area contributed by atoms with Gasteiger partial charge in [0.15, 0.2) is 0 Å². The Labute approximate surface area is 107 Å². The second kappa shape index (κ2) is 4.82. The smallest absolute Gasteiger partial charge is 0.143 e. The Hall–Kier alpha value is -0.810. The number of hydrogen-bond acceptors (Lipinski definition) is 5. The van der Waals surface area contributed by atoms with E-state index in [1.54, 1.807) is 0 Å². The average molecular weight is 252 g/mol. The molecule has 0 saturated heterocycles. The van der Waals surface area contributed by atoms with Crippen LogP contribution in [0.15, 0.2) is 6.07 Å². The molecule has 1 aromatic heterocycles. The normalized spacial score (nSPS) is 16.0. The summed E-state index contributed by atoms with van der Waals surface area (Å²) in [6.07, 6.45) is 2.49. The molecular weight excluding hydrogens is 232 g/mol. The lowest BCUT2D eigenvalue weighted by molar-refractivity contribution is 0.799. The molecule has 0 aromatic carbocycles. The fourth-order valence-electron chi connectivity index (χ4n) is 1.53. The van der Waals surface area contributed by atoms with Crippen molar-refractivity contribution in [1.82, 2.24) is 9.97 Å². The van der Waals surface area contributed by atoms with Gasteiger partial charge in [0, 0.05) is 22.4 Å². The number of aromatic nitrogens is 2. The first-order valence-electron chi connectivity index (χ1n) is 5.96. The summed E-state index contributed by atoms with van der Waals surface area (Å²) in [5, 5.41) is 0. The molecule has 0 amide bonds. The van der Waals surface area contributed by atoms with E-state index in [4.69, 9.17) is 5.84 Å².